The molecule has 1 amide bonds. The van der Waals surface area contributed by atoms with Crippen LogP contribution in [0.2, 0.25) is 5.02 Å². The maximum Gasteiger partial charge on any atom is 0.231 e. The zero-order valence-corrected chi connectivity index (χ0v) is 19.3. The number of carbonyl (C=O) groups is 1. The summed E-state index contributed by atoms with van der Waals surface area (Å²) in [6, 6.07) is 17.7. The van der Waals surface area contributed by atoms with Crippen molar-refractivity contribution < 1.29 is 4.79 Å². The summed E-state index contributed by atoms with van der Waals surface area (Å²) in [6.07, 6.45) is 5.23. The molecule has 0 bridgehead atoms. The van der Waals surface area contributed by atoms with Crippen LogP contribution in [0.1, 0.15) is 25.7 Å². The van der Waals surface area contributed by atoms with Gasteiger partial charge < -0.3 is 10.3 Å². The predicted octanol–water partition coefficient (Wildman–Crippen LogP) is 5.11. The SMILES string of the molecule is N#CC1(NC(=O)CSc2nnc(-c3c[nH]c4ccccc34)n2-c2ccc(Cl)cc2)CCCC1. The van der Waals surface area contributed by atoms with Crippen molar-refractivity contribution in [2.45, 2.75) is 36.4 Å². The molecule has 2 heterocycles. The summed E-state index contributed by atoms with van der Waals surface area (Å²) in [5, 5.41) is 23.6. The van der Waals surface area contributed by atoms with E-state index in [1.165, 1.54) is 11.8 Å². The highest BCUT2D eigenvalue weighted by Crippen LogP contribution is 2.33. The summed E-state index contributed by atoms with van der Waals surface area (Å²) >= 11 is 7.41. The third kappa shape index (κ3) is 4.22. The summed E-state index contributed by atoms with van der Waals surface area (Å²) < 4.78 is 1.93. The van der Waals surface area contributed by atoms with E-state index in [1.807, 2.05) is 59.3 Å². The lowest BCUT2D eigenvalue weighted by atomic mass is 10.0. The van der Waals surface area contributed by atoms with Crippen LogP contribution in [0.5, 0.6) is 0 Å². The quantitative estimate of drug-likeness (QED) is 0.376. The molecule has 1 aliphatic rings. The van der Waals surface area contributed by atoms with Gasteiger partial charge in [0, 0.05) is 33.4 Å². The molecule has 1 saturated carbocycles. The number of para-hydroxylation sites is 1. The van der Waals surface area contributed by atoms with Gasteiger partial charge in [0.05, 0.1) is 11.8 Å². The molecule has 4 aromatic rings. The molecule has 0 aliphatic heterocycles. The van der Waals surface area contributed by atoms with Crippen molar-refractivity contribution in [3.8, 4) is 23.1 Å². The number of nitriles is 1. The van der Waals surface area contributed by atoms with E-state index in [-0.39, 0.29) is 11.7 Å². The smallest absolute Gasteiger partial charge is 0.231 e. The van der Waals surface area contributed by atoms with Crippen LogP contribution in [0.4, 0.5) is 0 Å². The van der Waals surface area contributed by atoms with Crippen LogP contribution in [0.25, 0.3) is 28.0 Å². The molecule has 9 heteroatoms. The minimum Gasteiger partial charge on any atom is -0.360 e. The largest absolute Gasteiger partial charge is 0.360 e. The second-order valence-electron chi connectivity index (χ2n) is 8.10. The van der Waals surface area contributed by atoms with Crippen LogP contribution in [0, 0.1) is 11.3 Å². The van der Waals surface area contributed by atoms with Crippen LogP contribution < -0.4 is 5.32 Å². The molecule has 1 fully saturated rings. The van der Waals surface area contributed by atoms with Crippen LogP contribution >= 0.6 is 23.4 Å². The van der Waals surface area contributed by atoms with Crippen molar-refractivity contribution in [2.75, 3.05) is 5.75 Å². The fraction of sp³-hybridized carbons (Fsp3) is 0.250. The summed E-state index contributed by atoms with van der Waals surface area (Å²) in [7, 11) is 0. The molecule has 2 aromatic heterocycles. The molecule has 5 rings (SSSR count). The maximum atomic E-state index is 12.7. The number of H-pyrrole nitrogens is 1. The highest BCUT2D eigenvalue weighted by molar-refractivity contribution is 7.99. The number of carbonyl (C=O) groups excluding carboxylic acids is 1. The van der Waals surface area contributed by atoms with Gasteiger partial charge in [-0.3, -0.25) is 9.36 Å². The predicted molar refractivity (Wildman–Crippen MR) is 129 cm³/mol. The van der Waals surface area contributed by atoms with Crippen molar-refractivity contribution in [3.05, 3.63) is 59.8 Å². The highest BCUT2D eigenvalue weighted by atomic mass is 35.5. The van der Waals surface area contributed by atoms with Crippen LogP contribution in [0.3, 0.4) is 0 Å². The molecular formula is C24H21ClN6OS. The second kappa shape index (κ2) is 8.93. The van der Waals surface area contributed by atoms with Gasteiger partial charge in [0.1, 0.15) is 5.54 Å². The summed E-state index contributed by atoms with van der Waals surface area (Å²) in [5.41, 5.74) is 2.03. The Morgan fingerprint density at radius 2 is 1.94 bits per heavy atom. The Hall–Kier alpha value is -3.28. The van der Waals surface area contributed by atoms with Gasteiger partial charge in [0.2, 0.25) is 5.91 Å². The number of hydrogen-bond acceptors (Lipinski definition) is 5. The van der Waals surface area contributed by atoms with Gasteiger partial charge in [-0.1, -0.05) is 41.6 Å². The summed E-state index contributed by atoms with van der Waals surface area (Å²) in [4.78, 5) is 16.0. The molecule has 33 heavy (non-hydrogen) atoms. The number of rotatable bonds is 6. The Morgan fingerprint density at radius 1 is 1.18 bits per heavy atom. The Bertz CT molecular complexity index is 1350. The van der Waals surface area contributed by atoms with Crippen molar-refractivity contribution in [1.82, 2.24) is 25.1 Å². The average Bonchev–Trinajstić information content (AvgIpc) is 3.57. The zero-order valence-electron chi connectivity index (χ0n) is 17.7. The first-order valence-electron chi connectivity index (χ1n) is 10.7. The van der Waals surface area contributed by atoms with Crippen molar-refractivity contribution >= 4 is 40.2 Å². The summed E-state index contributed by atoms with van der Waals surface area (Å²) in [5.74, 6) is 0.632. The van der Waals surface area contributed by atoms with E-state index < -0.39 is 5.54 Å². The summed E-state index contributed by atoms with van der Waals surface area (Å²) in [6.45, 7) is 0. The molecule has 7 nitrogen and oxygen atoms in total. The Morgan fingerprint density at radius 3 is 2.70 bits per heavy atom. The Labute approximate surface area is 200 Å². The van der Waals surface area contributed by atoms with Gasteiger partial charge >= 0.3 is 0 Å². The van der Waals surface area contributed by atoms with E-state index in [2.05, 4.69) is 26.6 Å². The molecular weight excluding hydrogens is 456 g/mol. The van der Waals surface area contributed by atoms with Gasteiger partial charge in [0.15, 0.2) is 11.0 Å². The Balaban J connectivity index is 1.47. The lowest BCUT2D eigenvalue weighted by Gasteiger charge is -2.21. The lowest BCUT2D eigenvalue weighted by molar-refractivity contribution is -0.119. The second-order valence-corrected chi connectivity index (χ2v) is 9.48. The zero-order chi connectivity index (χ0) is 22.8. The molecule has 2 aromatic carbocycles. The number of aromatic nitrogens is 4. The van der Waals surface area contributed by atoms with Crippen molar-refractivity contribution in [1.29, 1.82) is 5.26 Å². The number of fused-ring (bicyclic) bond motifs is 1. The first kappa shape index (κ1) is 21.6. The number of thioether (sulfide) groups is 1. The van der Waals surface area contributed by atoms with E-state index >= 15 is 0 Å². The number of halogens is 1. The number of amides is 1. The number of nitrogens with zero attached hydrogens (tertiary/aromatic N) is 4. The normalized spacial score (nSPS) is 14.9. The number of aromatic amines is 1. The lowest BCUT2D eigenvalue weighted by Crippen LogP contribution is -2.45. The van der Waals surface area contributed by atoms with Gasteiger partial charge in [0.25, 0.3) is 0 Å². The molecule has 0 unspecified atom stereocenters. The monoisotopic (exact) mass is 476 g/mol. The van der Waals surface area contributed by atoms with E-state index in [0.717, 1.165) is 35.0 Å². The fourth-order valence-corrected chi connectivity index (χ4v) is 5.17. The van der Waals surface area contributed by atoms with Gasteiger partial charge in [-0.25, -0.2) is 0 Å². The van der Waals surface area contributed by atoms with Gasteiger partial charge in [-0.05, 0) is 56.0 Å². The first-order chi connectivity index (χ1) is 16.1. The number of benzene rings is 2. The fourth-order valence-electron chi connectivity index (χ4n) is 4.29. The number of nitrogens with one attached hydrogen (secondary N) is 2. The van der Waals surface area contributed by atoms with E-state index in [0.29, 0.717) is 28.8 Å². The van der Waals surface area contributed by atoms with E-state index in [9.17, 15) is 10.1 Å². The minimum atomic E-state index is -0.739. The molecule has 2 N–H and O–H groups in total. The standard InChI is InChI=1S/C24H21ClN6OS/c25-16-7-9-17(10-8-16)31-22(19-13-27-20-6-2-1-5-18(19)20)29-30-23(31)33-14-21(32)28-24(15-26)11-3-4-12-24/h1-2,5-10,13,27H,3-4,11-12,14H2,(H,28,32). The molecule has 166 valence electrons. The van der Waals surface area contributed by atoms with Crippen molar-refractivity contribution in [2.24, 2.45) is 0 Å². The molecule has 0 atom stereocenters. The number of hydrogen-bond donors (Lipinski definition) is 2. The third-order valence-electron chi connectivity index (χ3n) is 5.93. The average molecular weight is 477 g/mol. The van der Waals surface area contributed by atoms with E-state index in [4.69, 9.17) is 11.6 Å². The van der Waals surface area contributed by atoms with Crippen LogP contribution in [-0.4, -0.2) is 36.9 Å². The highest BCUT2D eigenvalue weighted by Gasteiger charge is 2.35. The first-order valence-corrected chi connectivity index (χ1v) is 12.1. The molecule has 0 saturated heterocycles. The molecule has 0 spiro atoms. The maximum absolute atomic E-state index is 12.7. The van der Waals surface area contributed by atoms with Gasteiger partial charge in [-0.15, -0.1) is 10.2 Å². The third-order valence-corrected chi connectivity index (χ3v) is 7.11. The van der Waals surface area contributed by atoms with Crippen LogP contribution in [-0.2, 0) is 4.79 Å². The van der Waals surface area contributed by atoms with Gasteiger partial charge in [-0.2, -0.15) is 5.26 Å². The van der Waals surface area contributed by atoms with E-state index in [1.54, 1.807) is 0 Å². The Kier molecular flexibility index (Phi) is 5.83. The minimum absolute atomic E-state index is 0.142. The van der Waals surface area contributed by atoms with Crippen LogP contribution in [0.15, 0.2) is 59.9 Å². The van der Waals surface area contributed by atoms with Crippen molar-refractivity contribution in [3.63, 3.8) is 0 Å². The molecule has 1 aliphatic carbocycles. The topological polar surface area (TPSA) is 99.4 Å². The molecule has 0 radical (unpaired) electrons.